The van der Waals surface area contributed by atoms with E-state index in [2.05, 4.69) is 26.6 Å². The molecule has 0 unspecified atom stereocenters. The highest BCUT2D eigenvalue weighted by Crippen LogP contribution is 2.23. The van der Waals surface area contributed by atoms with Crippen molar-refractivity contribution in [3.8, 4) is 0 Å². The molecule has 0 saturated carbocycles. The van der Waals surface area contributed by atoms with E-state index in [-0.39, 0.29) is 18.1 Å². The number of carbonyl (C=O) groups is 1. The summed E-state index contributed by atoms with van der Waals surface area (Å²) in [7, 11) is 0. The van der Waals surface area contributed by atoms with Crippen LogP contribution in [-0.4, -0.2) is 17.4 Å². The summed E-state index contributed by atoms with van der Waals surface area (Å²) in [6, 6.07) is 11.5. The number of benzene rings is 2. The number of hydrogen-bond donors (Lipinski definition) is 2. The first-order valence-corrected chi connectivity index (χ1v) is 7.29. The number of anilines is 2. The van der Waals surface area contributed by atoms with E-state index >= 15 is 0 Å². The lowest BCUT2D eigenvalue weighted by Crippen LogP contribution is -2.21. The van der Waals surface area contributed by atoms with Crippen LogP contribution in [0.5, 0.6) is 0 Å². The summed E-state index contributed by atoms with van der Waals surface area (Å²) in [5, 5.41) is 16.2. The van der Waals surface area contributed by atoms with E-state index in [1.54, 1.807) is 12.1 Å². The van der Waals surface area contributed by atoms with Crippen LogP contribution in [0.4, 0.5) is 17.1 Å². The minimum atomic E-state index is -0.467. The van der Waals surface area contributed by atoms with Crippen molar-refractivity contribution >= 4 is 38.9 Å². The SMILES string of the molecule is Cc1ccc(NC(=O)CNc2ccc([N+](=O)[O-])cc2)c(Br)c1. The van der Waals surface area contributed by atoms with Gasteiger partial charge in [-0.2, -0.15) is 0 Å². The molecule has 2 rings (SSSR count). The second-order valence-corrected chi connectivity index (χ2v) is 5.54. The lowest BCUT2D eigenvalue weighted by atomic mass is 10.2. The van der Waals surface area contributed by atoms with Gasteiger partial charge in [-0.25, -0.2) is 0 Å². The summed E-state index contributed by atoms with van der Waals surface area (Å²) in [6.45, 7) is 2.03. The van der Waals surface area contributed by atoms with Crippen LogP contribution in [0.1, 0.15) is 5.56 Å². The average molecular weight is 364 g/mol. The Kier molecular flexibility index (Phi) is 5.11. The number of amides is 1. The van der Waals surface area contributed by atoms with Crippen molar-refractivity contribution in [3.05, 3.63) is 62.6 Å². The zero-order valence-electron chi connectivity index (χ0n) is 11.8. The molecule has 2 aromatic rings. The van der Waals surface area contributed by atoms with Crippen molar-refractivity contribution in [2.75, 3.05) is 17.2 Å². The number of rotatable bonds is 5. The van der Waals surface area contributed by atoms with E-state index in [4.69, 9.17) is 0 Å². The van der Waals surface area contributed by atoms with Crippen molar-refractivity contribution < 1.29 is 9.72 Å². The van der Waals surface area contributed by atoms with Gasteiger partial charge in [0.15, 0.2) is 0 Å². The Labute approximate surface area is 135 Å². The van der Waals surface area contributed by atoms with Crippen LogP contribution in [0.3, 0.4) is 0 Å². The Morgan fingerprint density at radius 1 is 1.23 bits per heavy atom. The minimum absolute atomic E-state index is 0.0126. The number of non-ortho nitro benzene ring substituents is 1. The highest BCUT2D eigenvalue weighted by atomic mass is 79.9. The van der Waals surface area contributed by atoms with Crippen LogP contribution >= 0.6 is 15.9 Å². The molecule has 1 amide bonds. The molecule has 0 aromatic heterocycles. The van der Waals surface area contributed by atoms with E-state index < -0.39 is 4.92 Å². The fourth-order valence-corrected chi connectivity index (χ4v) is 2.39. The van der Waals surface area contributed by atoms with Gasteiger partial charge >= 0.3 is 0 Å². The number of aryl methyl sites for hydroxylation is 1. The maximum Gasteiger partial charge on any atom is 0.269 e. The van der Waals surface area contributed by atoms with Crippen LogP contribution in [0.2, 0.25) is 0 Å². The first kappa shape index (κ1) is 16.0. The molecule has 2 aromatic carbocycles. The molecule has 2 N–H and O–H groups in total. The fourth-order valence-electron chi connectivity index (χ4n) is 1.80. The van der Waals surface area contributed by atoms with Crippen molar-refractivity contribution in [1.82, 2.24) is 0 Å². The maximum atomic E-state index is 11.9. The number of carbonyl (C=O) groups excluding carboxylic acids is 1. The zero-order chi connectivity index (χ0) is 16.1. The second-order valence-electron chi connectivity index (χ2n) is 4.69. The summed E-state index contributed by atoms with van der Waals surface area (Å²) in [6.07, 6.45) is 0. The standard InChI is InChI=1S/C15H14BrN3O3/c1-10-2-7-14(13(16)8-10)18-15(20)9-17-11-3-5-12(6-4-11)19(21)22/h2-8,17H,9H2,1H3,(H,18,20). The number of hydrogen-bond acceptors (Lipinski definition) is 4. The molecule has 6 nitrogen and oxygen atoms in total. The monoisotopic (exact) mass is 363 g/mol. The summed E-state index contributed by atoms with van der Waals surface area (Å²) >= 11 is 3.39. The molecule has 0 aliphatic rings. The van der Waals surface area contributed by atoms with Crippen LogP contribution < -0.4 is 10.6 Å². The number of nitro groups is 1. The van der Waals surface area contributed by atoms with Gasteiger partial charge in [0, 0.05) is 22.3 Å². The van der Waals surface area contributed by atoms with Crippen molar-refractivity contribution in [2.45, 2.75) is 6.92 Å². The Bertz CT molecular complexity index is 702. The maximum absolute atomic E-state index is 11.9. The van der Waals surface area contributed by atoms with Crippen LogP contribution in [0.25, 0.3) is 0 Å². The lowest BCUT2D eigenvalue weighted by molar-refractivity contribution is -0.384. The average Bonchev–Trinajstić information content (AvgIpc) is 2.48. The molecule has 0 fully saturated rings. The second kappa shape index (κ2) is 7.04. The molecular weight excluding hydrogens is 350 g/mol. The molecule has 0 atom stereocenters. The van der Waals surface area contributed by atoms with Gasteiger partial charge in [-0.1, -0.05) is 6.07 Å². The summed E-state index contributed by atoms with van der Waals surface area (Å²) < 4.78 is 0.816. The molecule has 7 heteroatoms. The largest absolute Gasteiger partial charge is 0.376 e. The molecule has 0 bridgehead atoms. The molecular formula is C15H14BrN3O3. The molecule has 0 radical (unpaired) electrons. The Hall–Kier alpha value is -2.41. The van der Waals surface area contributed by atoms with Crippen LogP contribution in [0, 0.1) is 17.0 Å². The number of nitrogens with one attached hydrogen (secondary N) is 2. The van der Waals surface area contributed by atoms with Crippen molar-refractivity contribution in [1.29, 1.82) is 0 Å². The molecule has 0 saturated heterocycles. The third-order valence-electron chi connectivity index (χ3n) is 2.93. The Balaban J connectivity index is 1.91. The van der Waals surface area contributed by atoms with E-state index in [9.17, 15) is 14.9 Å². The quantitative estimate of drug-likeness (QED) is 0.626. The highest BCUT2D eigenvalue weighted by molar-refractivity contribution is 9.10. The van der Waals surface area contributed by atoms with Gasteiger partial charge in [-0.05, 0) is 52.7 Å². The van der Waals surface area contributed by atoms with Crippen molar-refractivity contribution in [3.63, 3.8) is 0 Å². The van der Waals surface area contributed by atoms with E-state index in [0.29, 0.717) is 11.4 Å². The highest BCUT2D eigenvalue weighted by Gasteiger charge is 2.07. The molecule has 0 spiro atoms. The minimum Gasteiger partial charge on any atom is -0.376 e. The first-order chi connectivity index (χ1) is 10.5. The van der Waals surface area contributed by atoms with Crippen molar-refractivity contribution in [2.24, 2.45) is 0 Å². The first-order valence-electron chi connectivity index (χ1n) is 6.50. The number of nitro benzene ring substituents is 1. The van der Waals surface area contributed by atoms with Crippen LogP contribution in [0.15, 0.2) is 46.9 Å². The molecule has 0 heterocycles. The Morgan fingerprint density at radius 3 is 2.50 bits per heavy atom. The predicted molar refractivity (Wildman–Crippen MR) is 89.1 cm³/mol. The predicted octanol–water partition coefficient (Wildman–Crippen LogP) is 3.72. The van der Waals surface area contributed by atoms with Gasteiger partial charge in [0.2, 0.25) is 5.91 Å². The smallest absolute Gasteiger partial charge is 0.269 e. The summed E-state index contributed by atoms with van der Waals surface area (Å²) in [4.78, 5) is 22.0. The summed E-state index contributed by atoms with van der Waals surface area (Å²) in [5.74, 6) is -0.206. The number of halogens is 1. The van der Waals surface area contributed by atoms with Gasteiger partial charge in [-0.15, -0.1) is 0 Å². The molecule has 0 aliphatic heterocycles. The van der Waals surface area contributed by atoms with E-state index in [0.717, 1.165) is 10.0 Å². The van der Waals surface area contributed by atoms with E-state index in [1.807, 2.05) is 25.1 Å². The van der Waals surface area contributed by atoms with E-state index in [1.165, 1.54) is 12.1 Å². The molecule has 22 heavy (non-hydrogen) atoms. The number of nitrogens with zero attached hydrogens (tertiary/aromatic N) is 1. The van der Waals surface area contributed by atoms with Gasteiger partial charge in [0.25, 0.3) is 5.69 Å². The molecule has 0 aliphatic carbocycles. The zero-order valence-corrected chi connectivity index (χ0v) is 13.4. The third-order valence-corrected chi connectivity index (χ3v) is 3.59. The summed E-state index contributed by atoms with van der Waals surface area (Å²) in [5.41, 5.74) is 2.44. The fraction of sp³-hybridized carbons (Fsp3) is 0.133. The van der Waals surface area contributed by atoms with Gasteiger partial charge < -0.3 is 10.6 Å². The van der Waals surface area contributed by atoms with Gasteiger partial charge in [0.1, 0.15) is 0 Å². The normalized spacial score (nSPS) is 10.1. The Morgan fingerprint density at radius 2 is 1.91 bits per heavy atom. The third kappa shape index (κ3) is 4.29. The van der Waals surface area contributed by atoms with Crippen LogP contribution in [-0.2, 0) is 4.79 Å². The van der Waals surface area contributed by atoms with Gasteiger partial charge in [-0.3, -0.25) is 14.9 Å². The molecule has 114 valence electrons. The van der Waals surface area contributed by atoms with Gasteiger partial charge in [0.05, 0.1) is 17.2 Å². The topological polar surface area (TPSA) is 84.3 Å². The lowest BCUT2D eigenvalue weighted by Gasteiger charge is -2.09.